The standard InChI is InChI=1S/C10H13BrN2O2/c1-6(14)5-13-10(15)8-4-7(12)2-3-9(8)11/h2-4,6,14H,5,12H2,1H3,(H,13,15)/t6-/m1/s1. The van der Waals surface area contributed by atoms with Crippen molar-refractivity contribution >= 4 is 27.5 Å². The smallest absolute Gasteiger partial charge is 0.252 e. The van der Waals surface area contributed by atoms with E-state index in [2.05, 4.69) is 21.2 Å². The number of nitrogens with one attached hydrogen (secondary N) is 1. The van der Waals surface area contributed by atoms with E-state index in [9.17, 15) is 4.79 Å². The molecule has 1 aromatic carbocycles. The van der Waals surface area contributed by atoms with Crippen molar-refractivity contribution in [2.75, 3.05) is 12.3 Å². The van der Waals surface area contributed by atoms with Gasteiger partial charge in [0.05, 0.1) is 11.7 Å². The Morgan fingerprint density at radius 2 is 2.33 bits per heavy atom. The van der Waals surface area contributed by atoms with E-state index in [1.54, 1.807) is 25.1 Å². The Balaban J connectivity index is 2.77. The summed E-state index contributed by atoms with van der Waals surface area (Å²) in [4.78, 5) is 11.6. The normalized spacial score (nSPS) is 12.2. The number of nitrogen functional groups attached to an aromatic ring is 1. The van der Waals surface area contributed by atoms with Gasteiger partial charge in [0.25, 0.3) is 5.91 Å². The van der Waals surface area contributed by atoms with Crippen molar-refractivity contribution in [2.24, 2.45) is 0 Å². The third kappa shape index (κ3) is 3.53. The van der Waals surface area contributed by atoms with Gasteiger partial charge in [-0.05, 0) is 41.1 Å². The van der Waals surface area contributed by atoms with Crippen molar-refractivity contribution in [3.05, 3.63) is 28.2 Å². The fraction of sp³-hybridized carbons (Fsp3) is 0.300. The van der Waals surface area contributed by atoms with Gasteiger partial charge in [0.15, 0.2) is 0 Å². The molecule has 0 spiro atoms. The lowest BCUT2D eigenvalue weighted by molar-refractivity contribution is 0.0923. The Bertz CT molecular complexity index is 366. The van der Waals surface area contributed by atoms with Crippen LogP contribution in [0.2, 0.25) is 0 Å². The molecule has 1 aromatic rings. The summed E-state index contributed by atoms with van der Waals surface area (Å²) in [7, 11) is 0. The summed E-state index contributed by atoms with van der Waals surface area (Å²) >= 11 is 3.26. The monoisotopic (exact) mass is 272 g/mol. The van der Waals surface area contributed by atoms with Crippen molar-refractivity contribution in [2.45, 2.75) is 13.0 Å². The van der Waals surface area contributed by atoms with E-state index in [0.717, 1.165) is 0 Å². The van der Waals surface area contributed by atoms with Crippen molar-refractivity contribution in [1.82, 2.24) is 5.32 Å². The average Bonchev–Trinajstić information content (AvgIpc) is 2.18. The Morgan fingerprint density at radius 1 is 1.67 bits per heavy atom. The van der Waals surface area contributed by atoms with Crippen LogP contribution in [-0.4, -0.2) is 23.7 Å². The van der Waals surface area contributed by atoms with Gasteiger partial charge in [-0.25, -0.2) is 0 Å². The molecule has 0 unspecified atom stereocenters. The molecule has 1 atom stereocenters. The zero-order chi connectivity index (χ0) is 11.4. The minimum atomic E-state index is -0.561. The first-order valence-electron chi connectivity index (χ1n) is 4.52. The number of amides is 1. The van der Waals surface area contributed by atoms with E-state index >= 15 is 0 Å². The molecule has 0 aliphatic rings. The molecule has 4 N–H and O–H groups in total. The van der Waals surface area contributed by atoms with Crippen LogP contribution in [0.15, 0.2) is 22.7 Å². The number of halogens is 1. The van der Waals surface area contributed by atoms with Gasteiger partial charge in [-0.15, -0.1) is 0 Å². The number of aliphatic hydroxyl groups excluding tert-OH is 1. The van der Waals surface area contributed by atoms with Gasteiger partial charge in [-0.2, -0.15) is 0 Å². The highest BCUT2D eigenvalue weighted by Crippen LogP contribution is 2.19. The fourth-order valence-corrected chi connectivity index (χ4v) is 1.48. The highest BCUT2D eigenvalue weighted by Gasteiger charge is 2.10. The van der Waals surface area contributed by atoms with Crippen molar-refractivity contribution in [3.8, 4) is 0 Å². The molecule has 0 saturated heterocycles. The van der Waals surface area contributed by atoms with Gasteiger partial charge in [0.2, 0.25) is 0 Å². The van der Waals surface area contributed by atoms with E-state index in [0.29, 0.717) is 15.7 Å². The predicted octanol–water partition coefficient (Wildman–Crippen LogP) is 1.14. The molecule has 0 heterocycles. The van der Waals surface area contributed by atoms with E-state index in [1.165, 1.54) is 0 Å². The zero-order valence-corrected chi connectivity index (χ0v) is 9.91. The number of aliphatic hydroxyl groups is 1. The lowest BCUT2D eigenvalue weighted by Crippen LogP contribution is -2.30. The van der Waals surface area contributed by atoms with Crippen molar-refractivity contribution < 1.29 is 9.90 Å². The summed E-state index contributed by atoms with van der Waals surface area (Å²) in [5.41, 5.74) is 6.57. The number of carbonyl (C=O) groups is 1. The van der Waals surface area contributed by atoms with Gasteiger partial charge < -0.3 is 16.2 Å². The Hall–Kier alpha value is -1.07. The minimum absolute atomic E-state index is 0.222. The van der Waals surface area contributed by atoms with E-state index in [1.807, 2.05) is 0 Å². The molecule has 5 heteroatoms. The molecule has 0 radical (unpaired) electrons. The van der Waals surface area contributed by atoms with Gasteiger partial charge in [-0.1, -0.05) is 0 Å². The topological polar surface area (TPSA) is 75.3 Å². The second kappa shape index (κ2) is 5.14. The van der Waals surface area contributed by atoms with Crippen molar-refractivity contribution in [1.29, 1.82) is 0 Å². The van der Waals surface area contributed by atoms with Crippen LogP contribution in [-0.2, 0) is 0 Å². The molecule has 1 rings (SSSR count). The summed E-state index contributed by atoms with van der Waals surface area (Å²) < 4.78 is 0.680. The van der Waals surface area contributed by atoms with Gasteiger partial charge in [0, 0.05) is 16.7 Å². The van der Waals surface area contributed by atoms with E-state index < -0.39 is 6.10 Å². The number of nitrogens with two attached hydrogens (primary N) is 1. The molecule has 15 heavy (non-hydrogen) atoms. The van der Waals surface area contributed by atoms with E-state index in [4.69, 9.17) is 10.8 Å². The number of rotatable bonds is 3. The molecule has 0 aliphatic heterocycles. The van der Waals surface area contributed by atoms with Crippen LogP contribution in [0.3, 0.4) is 0 Å². The number of hydrogen-bond acceptors (Lipinski definition) is 3. The molecule has 4 nitrogen and oxygen atoms in total. The second-order valence-electron chi connectivity index (χ2n) is 3.30. The maximum absolute atomic E-state index is 11.6. The van der Waals surface area contributed by atoms with Crippen LogP contribution in [0.4, 0.5) is 5.69 Å². The van der Waals surface area contributed by atoms with E-state index in [-0.39, 0.29) is 12.5 Å². The third-order valence-electron chi connectivity index (χ3n) is 1.79. The van der Waals surface area contributed by atoms with Gasteiger partial charge in [-0.3, -0.25) is 4.79 Å². The molecule has 0 aromatic heterocycles. The zero-order valence-electron chi connectivity index (χ0n) is 8.33. The molecule has 0 aliphatic carbocycles. The first-order chi connectivity index (χ1) is 7.00. The molecule has 0 bridgehead atoms. The highest BCUT2D eigenvalue weighted by molar-refractivity contribution is 9.10. The predicted molar refractivity (Wildman–Crippen MR) is 62.6 cm³/mol. The first-order valence-corrected chi connectivity index (χ1v) is 5.31. The number of hydrogen-bond donors (Lipinski definition) is 3. The Labute approximate surface area is 96.6 Å². The third-order valence-corrected chi connectivity index (χ3v) is 2.48. The van der Waals surface area contributed by atoms with Gasteiger partial charge in [0.1, 0.15) is 0 Å². The SMILES string of the molecule is C[C@@H](O)CNC(=O)c1cc(N)ccc1Br. The van der Waals surface area contributed by atoms with Crippen LogP contribution >= 0.6 is 15.9 Å². The molecular weight excluding hydrogens is 260 g/mol. The quantitative estimate of drug-likeness (QED) is 0.723. The largest absolute Gasteiger partial charge is 0.399 e. The van der Waals surface area contributed by atoms with Crippen LogP contribution in [0, 0.1) is 0 Å². The first kappa shape index (κ1) is 12.0. The Morgan fingerprint density at radius 3 is 2.93 bits per heavy atom. The van der Waals surface area contributed by atoms with Gasteiger partial charge >= 0.3 is 0 Å². The van der Waals surface area contributed by atoms with Crippen LogP contribution < -0.4 is 11.1 Å². The molecule has 0 fully saturated rings. The summed E-state index contributed by atoms with van der Waals surface area (Å²) in [5.74, 6) is -0.255. The Kier molecular flexibility index (Phi) is 4.11. The molecule has 1 amide bonds. The second-order valence-corrected chi connectivity index (χ2v) is 4.15. The maximum atomic E-state index is 11.6. The summed E-state index contributed by atoms with van der Waals surface area (Å²) in [6.45, 7) is 1.83. The molecule has 82 valence electrons. The molecule has 0 saturated carbocycles. The molecular formula is C10H13BrN2O2. The fourth-order valence-electron chi connectivity index (χ4n) is 1.05. The van der Waals surface area contributed by atoms with Crippen LogP contribution in [0.1, 0.15) is 17.3 Å². The van der Waals surface area contributed by atoms with Crippen LogP contribution in [0.25, 0.3) is 0 Å². The minimum Gasteiger partial charge on any atom is -0.399 e. The number of anilines is 1. The maximum Gasteiger partial charge on any atom is 0.252 e. The average molecular weight is 273 g/mol. The number of benzene rings is 1. The lowest BCUT2D eigenvalue weighted by Gasteiger charge is -2.08. The highest BCUT2D eigenvalue weighted by atomic mass is 79.9. The number of carbonyl (C=O) groups excluding carboxylic acids is 1. The summed E-state index contributed by atoms with van der Waals surface area (Å²) in [6, 6.07) is 5.00. The van der Waals surface area contributed by atoms with Crippen molar-refractivity contribution in [3.63, 3.8) is 0 Å². The van der Waals surface area contributed by atoms with Crippen LogP contribution in [0.5, 0.6) is 0 Å². The summed E-state index contributed by atoms with van der Waals surface area (Å²) in [6.07, 6.45) is -0.561. The summed E-state index contributed by atoms with van der Waals surface area (Å²) in [5, 5.41) is 11.6. The lowest BCUT2D eigenvalue weighted by atomic mass is 10.2.